The summed E-state index contributed by atoms with van der Waals surface area (Å²) in [6, 6.07) is 2.13. The van der Waals surface area contributed by atoms with Gasteiger partial charge in [0.25, 0.3) is 0 Å². The highest BCUT2D eigenvalue weighted by atomic mass is 16.3. The van der Waals surface area contributed by atoms with E-state index in [1.807, 2.05) is 6.26 Å². The van der Waals surface area contributed by atoms with Crippen LogP contribution in [0.5, 0.6) is 0 Å². The lowest BCUT2D eigenvalue weighted by atomic mass is 10.1. The normalized spacial score (nSPS) is 18.5. The maximum atomic E-state index is 5.64. The van der Waals surface area contributed by atoms with Crippen LogP contribution in [-0.2, 0) is 13.1 Å². The van der Waals surface area contributed by atoms with Gasteiger partial charge in [-0.15, -0.1) is 0 Å². The third-order valence-electron chi connectivity index (χ3n) is 3.71. The summed E-state index contributed by atoms with van der Waals surface area (Å²) in [5.41, 5.74) is 1.48. The fraction of sp³-hybridized carbons (Fsp3) is 0.750. The third-order valence-corrected chi connectivity index (χ3v) is 3.71. The zero-order chi connectivity index (χ0) is 13.7. The first kappa shape index (κ1) is 14.6. The molecule has 2 rings (SSSR count). The van der Waals surface area contributed by atoms with E-state index >= 15 is 0 Å². The molecular weight excluding hydrogens is 236 g/mol. The highest BCUT2D eigenvalue weighted by molar-refractivity contribution is 5.17. The van der Waals surface area contributed by atoms with Crippen molar-refractivity contribution in [3.63, 3.8) is 0 Å². The second-order valence-electron chi connectivity index (χ2n) is 6.66. The van der Waals surface area contributed by atoms with Crippen molar-refractivity contribution >= 4 is 0 Å². The van der Waals surface area contributed by atoms with Gasteiger partial charge in [-0.1, -0.05) is 12.8 Å². The first-order valence-electron chi connectivity index (χ1n) is 7.57. The lowest BCUT2D eigenvalue weighted by Gasteiger charge is -2.22. The summed E-state index contributed by atoms with van der Waals surface area (Å²) in [4.78, 5) is 2.57. The fourth-order valence-corrected chi connectivity index (χ4v) is 2.54. The fourth-order valence-electron chi connectivity index (χ4n) is 2.54. The Kier molecular flexibility index (Phi) is 5.06. The van der Waals surface area contributed by atoms with Gasteiger partial charge in [0.15, 0.2) is 0 Å². The number of hydrogen-bond acceptors (Lipinski definition) is 3. The SMILES string of the molecule is CC(C)(C)NCc1occc1CN1CCCCCC1. The monoisotopic (exact) mass is 264 g/mol. The number of likely N-dealkylation sites (tertiary alicyclic amines) is 1. The molecule has 0 aliphatic carbocycles. The lowest BCUT2D eigenvalue weighted by molar-refractivity contribution is 0.273. The summed E-state index contributed by atoms with van der Waals surface area (Å²) in [7, 11) is 0. The van der Waals surface area contributed by atoms with Crippen molar-refractivity contribution in [3.05, 3.63) is 23.7 Å². The van der Waals surface area contributed by atoms with Gasteiger partial charge < -0.3 is 9.73 Å². The smallest absolute Gasteiger partial charge is 0.122 e. The van der Waals surface area contributed by atoms with Crippen molar-refractivity contribution in [2.75, 3.05) is 13.1 Å². The largest absolute Gasteiger partial charge is 0.468 e. The van der Waals surface area contributed by atoms with Crippen molar-refractivity contribution in [3.8, 4) is 0 Å². The third kappa shape index (κ3) is 5.00. The van der Waals surface area contributed by atoms with Crippen molar-refractivity contribution in [2.24, 2.45) is 0 Å². The van der Waals surface area contributed by atoms with E-state index < -0.39 is 0 Å². The molecule has 1 aromatic heterocycles. The molecule has 0 atom stereocenters. The van der Waals surface area contributed by atoms with Crippen LogP contribution in [-0.4, -0.2) is 23.5 Å². The molecule has 0 spiro atoms. The van der Waals surface area contributed by atoms with E-state index in [0.717, 1.165) is 18.8 Å². The number of hydrogen-bond donors (Lipinski definition) is 1. The van der Waals surface area contributed by atoms with Gasteiger partial charge in [-0.3, -0.25) is 4.90 Å². The molecule has 108 valence electrons. The van der Waals surface area contributed by atoms with E-state index in [-0.39, 0.29) is 5.54 Å². The highest BCUT2D eigenvalue weighted by Gasteiger charge is 2.15. The number of rotatable bonds is 4. The first-order valence-corrected chi connectivity index (χ1v) is 7.57. The topological polar surface area (TPSA) is 28.4 Å². The van der Waals surface area contributed by atoms with Crippen molar-refractivity contribution in [1.29, 1.82) is 0 Å². The number of nitrogens with zero attached hydrogens (tertiary/aromatic N) is 1. The van der Waals surface area contributed by atoms with Gasteiger partial charge in [0.1, 0.15) is 5.76 Å². The molecule has 3 heteroatoms. The van der Waals surface area contributed by atoms with Crippen LogP contribution < -0.4 is 5.32 Å². The molecule has 3 nitrogen and oxygen atoms in total. The molecule has 1 fully saturated rings. The molecule has 1 N–H and O–H groups in total. The molecule has 0 bridgehead atoms. The molecule has 0 radical (unpaired) electrons. The van der Waals surface area contributed by atoms with Gasteiger partial charge in [0, 0.05) is 17.6 Å². The van der Waals surface area contributed by atoms with E-state index in [1.54, 1.807) is 0 Å². The van der Waals surface area contributed by atoms with Crippen LogP contribution in [0.15, 0.2) is 16.7 Å². The minimum atomic E-state index is 0.132. The molecule has 0 amide bonds. The maximum absolute atomic E-state index is 5.64. The molecule has 1 saturated heterocycles. The Hall–Kier alpha value is -0.800. The van der Waals surface area contributed by atoms with Crippen LogP contribution >= 0.6 is 0 Å². The summed E-state index contributed by atoms with van der Waals surface area (Å²) in [6.45, 7) is 10.9. The molecule has 2 heterocycles. The van der Waals surface area contributed by atoms with Gasteiger partial charge >= 0.3 is 0 Å². The summed E-state index contributed by atoms with van der Waals surface area (Å²) < 4.78 is 5.64. The molecule has 1 aromatic rings. The van der Waals surface area contributed by atoms with Crippen molar-refractivity contribution in [1.82, 2.24) is 10.2 Å². The van der Waals surface area contributed by atoms with Gasteiger partial charge in [0.2, 0.25) is 0 Å². The average molecular weight is 264 g/mol. The molecule has 0 saturated carbocycles. The Bertz CT molecular complexity index is 370. The van der Waals surface area contributed by atoms with Crippen molar-refractivity contribution < 1.29 is 4.42 Å². The van der Waals surface area contributed by atoms with Gasteiger partial charge in [-0.05, 0) is 52.8 Å². The van der Waals surface area contributed by atoms with E-state index in [2.05, 4.69) is 37.1 Å². The van der Waals surface area contributed by atoms with Gasteiger partial charge in [0.05, 0.1) is 12.8 Å². The zero-order valence-electron chi connectivity index (χ0n) is 12.7. The van der Waals surface area contributed by atoms with Crippen LogP contribution in [0.2, 0.25) is 0 Å². The predicted molar refractivity (Wildman–Crippen MR) is 79.0 cm³/mol. The number of furan rings is 1. The lowest BCUT2D eigenvalue weighted by Crippen LogP contribution is -2.35. The second-order valence-corrected chi connectivity index (χ2v) is 6.66. The molecule has 19 heavy (non-hydrogen) atoms. The highest BCUT2D eigenvalue weighted by Crippen LogP contribution is 2.17. The summed E-state index contributed by atoms with van der Waals surface area (Å²) in [5, 5.41) is 3.50. The van der Waals surface area contributed by atoms with Crippen LogP contribution in [0.25, 0.3) is 0 Å². The molecular formula is C16H28N2O. The Morgan fingerprint density at radius 2 is 1.84 bits per heavy atom. The number of nitrogens with one attached hydrogen (secondary N) is 1. The Balaban J connectivity index is 1.91. The van der Waals surface area contributed by atoms with Crippen LogP contribution in [0, 0.1) is 0 Å². The summed E-state index contributed by atoms with van der Waals surface area (Å²) >= 11 is 0. The minimum Gasteiger partial charge on any atom is -0.468 e. The second kappa shape index (κ2) is 6.58. The quantitative estimate of drug-likeness (QED) is 0.901. The van der Waals surface area contributed by atoms with E-state index in [1.165, 1.54) is 44.3 Å². The van der Waals surface area contributed by atoms with Gasteiger partial charge in [-0.2, -0.15) is 0 Å². The van der Waals surface area contributed by atoms with Crippen molar-refractivity contribution in [2.45, 2.75) is 65.1 Å². The Morgan fingerprint density at radius 1 is 1.16 bits per heavy atom. The Labute approximate surface area is 117 Å². The van der Waals surface area contributed by atoms with E-state index in [4.69, 9.17) is 4.42 Å². The minimum absolute atomic E-state index is 0.132. The van der Waals surface area contributed by atoms with E-state index in [9.17, 15) is 0 Å². The molecule has 0 unspecified atom stereocenters. The van der Waals surface area contributed by atoms with Crippen LogP contribution in [0.3, 0.4) is 0 Å². The molecule has 1 aliphatic rings. The standard InChI is InChI=1S/C16H28N2O/c1-16(2,3)17-12-15-14(8-11-19-15)13-18-9-6-4-5-7-10-18/h8,11,17H,4-7,9-10,12-13H2,1-3H3. The Morgan fingerprint density at radius 3 is 2.47 bits per heavy atom. The van der Waals surface area contributed by atoms with Crippen LogP contribution in [0.4, 0.5) is 0 Å². The zero-order valence-corrected chi connectivity index (χ0v) is 12.7. The first-order chi connectivity index (χ1) is 9.04. The van der Waals surface area contributed by atoms with E-state index in [0.29, 0.717) is 0 Å². The molecule has 0 aromatic carbocycles. The van der Waals surface area contributed by atoms with Crippen LogP contribution in [0.1, 0.15) is 57.8 Å². The maximum Gasteiger partial charge on any atom is 0.122 e. The predicted octanol–water partition coefficient (Wildman–Crippen LogP) is 3.54. The average Bonchev–Trinajstić information content (AvgIpc) is 2.60. The summed E-state index contributed by atoms with van der Waals surface area (Å²) in [6.07, 6.45) is 7.29. The molecule has 1 aliphatic heterocycles. The summed E-state index contributed by atoms with van der Waals surface area (Å²) in [5.74, 6) is 1.10. The van der Waals surface area contributed by atoms with Gasteiger partial charge in [-0.25, -0.2) is 0 Å².